The molecule has 0 atom stereocenters. The Morgan fingerprint density at radius 2 is 1.54 bits per heavy atom. The smallest absolute Gasteiger partial charge is 0.279 e. The van der Waals surface area contributed by atoms with Gasteiger partial charge in [-0.15, -0.1) is 0 Å². The van der Waals surface area contributed by atoms with Crippen LogP contribution < -0.4 is 0 Å². The van der Waals surface area contributed by atoms with Crippen molar-refractivity contribution in [2.75, 3.05) is 0 Å². The zero-order valence-corrected chi connectivity index (χ0v) is 14.1. The normalized spacial score (nSPS) is 12.3. The molecule has 0 fully saturated rings. The van der Waals surface area contributed by atoms with Crippen molar-refractivity contribution in [2.24, 2.45) is 0 Å². The van der Waals surface area contributed by atoms with E-state index >= 15 is 0 Å². The zero-order valence-electron chi connectivity index (χ0n) is 14.1. The molecule has 1 aliphatic carbocycles. The third kappa shape index (κ3) is 1.87. The Morgan fingerprint density at radius 3 is 2.35 bits per heavy atom. The largest absolute Gasteiger partial charge is 0.289 e. The number of aryl methyl sites for hydroxylation is 1. The highest BCUT2D eigenvalue weighted by molar-refractivity contribution is 6.25. The molecule has 1 aromatic heterocycles. The number of hydrogen-bond donors (Lipinski definition) is 0. The molecule has 0 aliphatic heterocycles. The number of carbonyl (C=O) groups is 2. The Kier molecular flexibility index (Phi) is 2.97. The van der Waals surface area contributed by atoms with Gasteiger partial charge in [-0.05, 0) is 24.6 Å². The van der Waals surface area contributed by atoms with E-state index in [1.807, 2.05) is 55.5 Å². The molecular formula is C22H14N2O2. The van der Waals surface area contributed by atoms with Crippen molar-refractivity contribution < 1.29 is 9.59 Å². The van der Waals surface area contributed by atoms with Crippen LogP contribution in [0.2, 0.25) is 0 Å². The number of ketones is 1. The third-order valence-electron chi connectivity index (χ3n) is 4.95. The zero-order chi connectivity index (χ0) is 17.8. The van der Waals surface area contributed by atoms with Gasteiger partial charge in [-0.25, -0.2) is 0 Å². The van der Waals surface area contributed by atoms with Crippen molar-refractivity contribution in [2.45, 2.75) is 6.92 Å². The minimum Gasteiger partial charge on any atom is -0.289 e. The molecule has 0 spiro atoms. The van der Waals surface area contributed by atoms with Crippen molar-refractivity contribution in [3.05, 3.63) is 89.0 Å². The quantitative estimate of drug-likeness (QED) is 0.459. The van der Waals surface area contributed by atoms with E-state index < -0.39 is 0 Å². The highest BCUT2D eigenvalue weighted by atomic mass is 16.2. The van der Waals surface area contributed by atoms with Crippen molar-refractivity contribution in [1.82, 2.24) is 9.78 Å². The molecule has 0 N–H and O–H groups in total. The Bertz CT molecular complexity index is 1230. The van der Waals surface area contributed by atoms with Crippen LogP contribution in [-0.2, 0) is 0 Å². The van der Waals surface area contributed by atoms with E-state index in [1.165, 1.54) is 4.68 Å². The first kappa shape index (κ1) is 14.8. The van der Waals surface area contributed by atoms with Crippen molar-refractivity contribution in [3.63, 3.8) is 0 Å². The Morgan fingerprint density at radius 1 is 0.846 bits per heavy atom. The molecule has 0 bridgehead atoms. The minimum absolute atomic E-state index is 0.0263. The molecular weight excluding hydrogens is 324 g/mol. The van der Waals surface area contributed by atoms with Crippen LogP contribution in [0.25, 0.3) is 22.2 Å². The second-order valence-electron chi connectivity index (χ2n) is 6.45. The van der Waals surface area contributed by atoms with Gasteiger partial charge in [0.15, 0.2) is 5.78 Å². The third-order valence-corrected chi connectivity index (χ3v) is 4.95. The van der Waals surface area contributed by atoms with Gasteiger partial charge in [0, 0.05) is 27.6 Å². The number of benzene rings is 3. The Hall–Kier alpha value is -3.53. The van der Waals surface area contributed by atoms with E-state index in [0.717, 1.165) is 16.5 Å². The van der Waals surface area contributed by atoms with E-state index in [4.69, 9.17) is 0 Å². The van der Waals surface area contributed by atoms with Crippen LogP contribution in [0.1, 0.15) is 31.8 Å². The maximum absolute atomic E-state index is 13.2. The van der Waals surface area contributed by atoms with E-state index in [-0.39, 0.29) is 11.7 Å². The van der Waals surface area contributed by atoms with E-state index in [9.17, 15) is 9.59 Å². The second kappa shape index (κ2) is 5.23. The van der Waals surface area contributed by atoms with Crippen molar-refractivity contribution in [3.8, 4) is 11.3 Å². The Labute approximate surface area is 149 Å². The van der Waals surface area contributed by atoms with Gasteiger partial charge in [0.1, 0.15) is 5.69 Å². The van der Waals surface area contributed by atoms with Crippen LogP contribution >= 0.6 is 0 Å². The van der Waals surface area contributed by atoms with Crippen LogP contribution in [0.3, 0.4) is 0 Å². The molecule has 0 amide bonds. The standard InChI is InChI=1S/C22H14N2O2/c1-13-7-2-3-8-14(13)22(26)24-18-12-6-11-17-19(18)20(23-24)15-9-4-5-10-16(15)21(17)25/h2-12H,1H3. The van der Waals surface area contributed by atoms with Gasteiger partial charge in [-0.3, -0.25) is 9.59 Å². The molecule has 5 rings (SSSR count). The molecule has 0 saturated carbocycles. The maximum atomic E-state index is 13.2. The SMILES string of the molecule is Cc1ccccc1C(=O)n1nc2c3c(cccc31)C(=O)c1ccccc1-2. The van der Waals surface area contributed by atoms with Gasteiger partial charge in [-0.1, -0.05) is 54.6 Å². The van der Waals surface area contributed by atoms with Gasteiger partial charge in [0.05, 0.1) is 5.52 Å². The molecule has 4 aromatic rings. The molecule has 3 aromatic carbocycles. The van der Waals surface area contributed by atoms with Crippen LogP contribution in [0.4, 0.5) is 0 Å². The highest BCUT2D eigenvalue weighted by Gasteiger charge is 2.29. The van der Waals surface area contributed by atoms with Crippen molar-refractivity contribution >= 4 is 22.6 Å². The fourth-order valence-corrected chi connectivity index (χ4v) is 3.66. The summed E-state index contributed by atoms with van der Waals surface area (Å²) < 4.78 is 1.42. The highest BCUT2D eigenvalue weighted by Crippen LogP contribution is 2.38. The summed E-state index contributed by atoms with van der Waals surface area (Å²) in [6.07, 6.45) is 0. The molecule has 1 heterocycles. The van der Waals surface area contributed by atoms with E-state index in [1.54, 1.807) is 18.2 Å². The number of hydrogen-bond acceptors (Lipinski definition) is 3. The average Bonchev–Trinajstić information content (AvgIpc) is 3.07. The molecule has 26 heavy (non-hydrogen) atoms. The van der Waals surface area contributed by atoms with Gasteiger partial charge in [-0.2, -0.15) is 9.78 Å². The summed E-state index contributed by atoms with van der Waals surface area (Å²) in [6.45, 7) is 1.90. The van der Waals surface area contributed by atoms with Gasteiger partial charge < -0.3 is 0 Å². The summed E-state index contributed by atoms with van der Waals surface area (Å²) in [5.41, 5.74) is 4.85. The lowest BCUT2D eigenvalue weighted by atomic mass is 9.87. The summed E-state index contributed by atoms with van der Waals surface area (Å²) in [7, 11) is 0. The lowest BCUT2D eigenvalue weighted by Crippen LogP contribution is -2.14. The molecule has 1 aliphatic rings. The lowest BCUT2D eigenvalue weighted by molar-refractivity contribution is 0.0949. The number of fused-ring (bicyclic) bond motifs is 2. The first-order valence-corrected chi connectivity index (χ1v) is 8.43. The van der Waals surface area contributed by atoms with Crippen LogP contribution in [0.5, 0.6) is 0 Å². The summed E-state index contributed by atoms with van der Waals surface area (Å²) in [5.74, 6) is -0.218. The molecule has 0 unspecified atom stereocenters. The molecule has 4 heteroatoms. The average molecular weight is 338 g/mol. The fourth-order valence-electron chi connectivity index (χ4n) is 3.66. The van der Waals surface area contributed by atoms with Gasteiger partial charge in [0.25, 0.3) is 5.91 Å². The summed E-state index contributed by atoms with van der Waals surface area (Å²) in [6, 6.07) is 20.3. The number of aromatic nitrogens is 2. The molecule has 4 nitrogen and oxygen atoms in total. The molecule has 0 saturated heterocycles. The molecule has 124 valence electrons. The number of carbonyl (C=O) groups excluding carboxylic acids is 2. The predicted octanol–water partition coefficient (Wildman–Crippen LogP) is 4.24. The maximum Gasteiger partial charge on any atom is 0.279 e. The lowest BCUT2D eigenvalue weighted by Gasteiger charge is -2.13. The van der Waals surface area contributed by atoms with Crippen LogP contribution in [-0.4, -0.2) is 21.5 Å². The topological polar surface area (TPSA) is 52.0 Å². The first-order valence-electron chi connectivity index (χ1n) is 8.43. The summed E-state index contributed by atoms with van der Waals surface area (Å²) in [5, 5.41) is 5.38. The first-order chi connectivity index (χ1) is 12.7. The van der Waals surface area contributed by atoms with E-state index in [0.29, 0.717) is 27.9 Å². The van der Waals surface area contributed by atoms with Gasteiger partial charge in [0.2, 0.25) is 0 Å². The van der Waals surface area contributed by atoms with E-state index in [2.05, 4.69) is 5.10 Å². The molecule has 0 radical (unpaired) electrons. The van der Waals surface area contributed by atoms with Crippen molar-refractivity contribution in [1.29, 1.82) is 0 Å². The second-order valence-corrected chi connectivity index (χ2v) is 6.45. The number of rotatable bonds is 1. The van der Waals surface area contributed by atoms with Gasteiger partial charge >= 0.3 is 0 Å². The van der Waals surface area contributed by atoms with Crippen LogP contribution in [0.15, 0.2) is 66.7 Å². The Balaban J connectivity index is 1.84. The monoisotopic (exact) mass is 338 g/mol. The minimum atomic E-state index is -0.191. The summed E-state index contributed by atoms with van der Waals surface area (Å²) in [4.78, 5) is 26.0. The summed E-state index contributed by atoms with van der Waals surface area (Å²) >= 11 is 0. The number of nitrogens with zero attached hydrogens (tertiary/aromatic N) is 2. The fraction of sp³-hybridized carbons (Fsp3) is 0.0455. The van der Waals surface area contributed by atoms with Crippen LogP contribution in [0, 0.1) is 6.92 Å². The predicted molar refractivity (Wildman–Crippen MR) is 99.5 cm³/mol.